The Morgan fingerprint density at radius 2 is 1.95 bits per heavy atom. The number of hydrogen-bond acceptors (Lipinski definition) is 3. The second-order valence-corrected chi connectivity index (χ2v) is 5.81. The van der Waals surface area contributed by atoms with Crippen molar-refractivity contribution in [2.24, 2.45) is 11.7 Å². The van der Waals surface area contributed by atoms with E-state index in [9.17, 15) is 5.11 Å². The normalized spacial score (nSPS) is 14.3. The van der Waals surface area contributed by atoms with Crippen LogP contribution < -0.4 is 10.5 Å². The van der Waals surface area contributed by atoms with Gasteiger partial charge in [0.2, 0.25) is 0 Å². The van der Waals surface area contributed by atoms with Crippen LogP contribution in [0.3, 0.4) is 0 Å². The van der Waals surface area contributed by atoms with Crippen LogP contribution in [0.5, 0.6) is 5.75 Å². The van der Waals surface area contributed by atoms with E-state index in [1.807, 2.05) is 6.92 Å². The molecule has 0 aromatic heterocycles. The molecule has 20 heavy (non-hydrogen) atoms. The average molecular weight is 279 g/mol. The number of aliphatic hydroxyl groups excluding tert-OH is 1. The molecule has 0 bridgehead atoms. The summed E-state index contributed by atoms with van der Waals surface area (Å²) in [6.07, 6.45) is 0.915. The Morgan fingerprint density at radius 3 is 2.45 bits per heavy atom. The minimum atomic E-state index is 0.162. The van der Waals surface area contributed by atoms with Gasteiger partial charge in [0.05, 0.1) is 6.61 Å². The van der Waals surface area contributed by atoms with Crippen molar-refractivity contribution in [2.45, 2.75) is 46.0 Å². The molecule has 0 saturated heterocycles. The molecule has 1 aromatic rings. The Bertz CT molecular complexity index is 400. The average Bonchev–Trinajstić information content (AvgIpc) is 2.44. The van der Waals surface area contributed by atoms with E-state index in [2.05, 4.69) is 39.0 Å². The lowest BCUT2D eigenvalue weighted by Gasteiger charge is -2.20. The highest BCUT2D eigenvalue weighted by atomic mass is 16.5. The van der Waals surface area contributed by atoms with Gasteiger partial charge >= 0.3 is 0 Å². The van der Waals surface area contributed by atoms with Crippen LogP contribution in [-0.2, 0) is 0 Å². The molecule has 2 atom stereocenters. The quantitative estimate of drug-likeness (QED) is 0.768. The van der Waals surface area contributed by atoms with Crippen molar-refractivity contribution in [3.05, 3.63) is 29.3 Å². The van der Waals surface area contributed by atoms with Gasteiger partial charge in [-0.1, -0.05) is 32.9 Å². The molecule has 3 heteroatoms. The van der Waals surface area contributed by atoms with Crippen molar-refractivity contribution in [2.75, 3.05) is 19.8 Å². The van der Waals surface area contributed by atoms with Gasteiger partial charge in [-0.2, -0.15) is 0 Å². The van der Waals surface area contributed by atoms with E-state index in [4.69, 9.17) is 10.5 Å². The van der Waals surface area contributed by atoms with Crippen LogP contribution in [-0.4, -0.2) is 24.9 Å². The van der Waals surface area contributed by atoms with Gasteiger partial charge in [0.1, 0.15) is 5.75 Å². The lowest BCUT2D eigenvalue weighted by Crippen LogP contribution is -2.20. The summed E-state index contributed by atoms with van der Waals surface area (Å²) >= 11 is 0. The van der Waals surface area contributed by atoms with E-state index in [-0.39, 0.29) is 12.5 Å². The zero-order chi connectivity index (χ0) is 15.1. The number of nitrogens with two attached hydrogens (primary N) is 1. The zero-order valence-electron chi connectivity index (χ0n) is 13.2. The highest BCUT2D eigenvalue weighted by Gasteiger charge is 2.15. The summed E-state index contributed by atoms with van der Waals surface area (Å²) in [6.45, 7) is 9.95. The third kappa shape index (κ3) is 4.50. The van der Waals surface area contributed by atoms with Gasteiger partial charge in [0, 0.05) is 6.61 Å². The Hall–Kier alpha value is -1.06. The minimum Gasteiger partial charge on any atom is -0.494 e. The molecule has 0 aliphatic rings. The first-order valence-electron chi connectivity index (χ1n) is 7.60. The van der Waals surface area contributed by atoms with Crippen molar-refractivity contribution in [1.82, 2.24) is 0 Å². The van der Waals surface area contributed by atoms with Gasteiger partial charge in [0.25, 0.3) is 0 Å². The van der Waals surface area contributed by atoms with Gasteiger partial charge in [-0.15, -0.1) is 0 Å². The Kier molecular flexibility index (Phi) is 7.03. The molecule has 0 heterocycles. The van der Waals surface area contributed by atoms with E-state index in [0.717, 1.165) is 12.2 Å². The van der Waals surface area contributed by atoms with Crippen LogP contribution in [0, 0.1) is 5.92 Å². The standard InChI is InChI=1S/C17H29NO2/c1-5-20-17-7-6-15(9-16(17)12(2)3)13(4)8-14(10-18)11-19/h6-7,9,12-14,19H,5,8,10-11,18H2,1-4H3. The van der Waals surface area contributed by atoms with Gasteiger partial charge < -0.3 is 15.6 Å². The van der Waals surface area contributed by atoms with E-state index < -0.39 is 0 Å². The molecule has 0 saturated carbocycles. The third-order valence-electron chi connectivity index (χ3n) is 3.80. The van der Waals surface area contributed by atoms with Crippen molar-refractivity contribution in [1.29, 1.82) is 0 Å². The Balaban J connectivity index is 2.93. The molecule has 0 radical (unpaired) electrons. The first-order valence-corrected chi connectivity index (χ1v) is 7.60. The van der Waals surface area contributed by atoms with Crippen LogP contribution in [0.1, 0.15) is 57.1 Å². The molecule has 3 nitrogen and oxygen atoms in total. The molecule has 0 fully saturated rings. The maximum atomic E-state index is 9.28. The van der Waals surface area contributed by atoms with Gasteiger partial charge in [-0.3, -0.25) is 0 Å². The third-order valence-corrected chi connectivity index (χ3v) is 3.80. The summed E-state index contributed by atoms with van der Waals surface area (Å²) in [4.78, 5) is 0. The van der Waals surface area contributed by atoms with E-state index in [1.54, 1.807) is 0 Å². The maximum Gasteiger partial charge on any atom is 0.122 e. The van der Waals surface area contributed by atoms with E-state index in [1.165, 1.54) is 11.1 Å². The maximum absolute atomic E-state index is 9.28. The molecule has 1 aromatic carbocycles. The van der Waals surface area contributed by atoms with Crippen LogP contribution in [0.15, 0.2) is 18.2 Å². The molecule has 0 spiro atoms. The predicted molar refractivity (Wildman–Crippen MR) is 84.4 cm³/mol. The van der Waals surface area contributed by atoms with Crippen molar-refractivity contribution >= 4 is 0 Å². The van der Waals surface area contributed by atoms with Crippen LogP contribution in [0.2, 0.25) is 0 Å². The van der Waals surface area contributed by atoms with Crippen LogP contribution in [0.4, 0.5) is 0 Å². The van der Waals surface area contributed by atoms with E-state index >= 15 is 0 Å². The van der Waals surface area contributed by atoms with Gasteiger partial charge in [-0.05, 0) is 54.8 Å². The largest absolute Gasteiger partial charge is 0.494 e. The number of rotatable bonds is 8. The SMILES string of the molecule is CCOc1ccc(C(C)CC(CN)CO)cc1C(C)C. The molecule has 0 aliphatic carbocycles. The fourth-order valence-corrected chi connectivity index (χ4v) is 2.49. The molecule has 0 aliphatic heterocycles. The second kappa shape index (κ2) is 8.28. The highest BCUT2D eigenvalue weighted by Crippen LogP contribution is 2.32. The molecule has 2 unspecified atom stereocenters. The van der Waals surface area contributed by atoms with Gasteiger partial charge in [-0.25, -0.2) is 0 Å². The lowest BCUT2D eigenvalue weighted by atomic mass is 9.88. The Labute approximate surface area is 123 Å². The fraction of sp³-hybridized carbons (Fsp3) is 0.647. The number of ether oxygens (including phenoxy) is 1. The van der Waals surface area contributed by atoms with Crippen LogP contribution >= 0.6 is 0 Å². The molecule has 1 rings (SSSR count). The van der Waals surface area contributed by atoms with Crippen molar-refractivity contribution in [3.63, 3.8) is 0 Å². The van der Waals surface area contributed by atoms with Gasteiger partial charge in [0.15, 0.2) is 0 Å². The highest BCUT2D eigenvalue weighted by molar-refractivity contribution is 5.40. The molecular formula is C17H29NO2. The molecule has 3 N–H and O–H groups in total. The lowest BCUT2D eigenvalue weighted by molar-refractivity contribution is 0.217. The number of benzene rings is 1. The topological polar surface area (TPSA) is 55.5 Å². The van der Waals surface area contributed by atoms with Crippen molar-refractivity contribution in [3.8, 4) is 5.75 Å². The smallest absolute Gasteiger partial charge is 0.122 e. The first-order chi connectivity index (χ1) is 9.53. The van der Waals surface area contributed by atoms with Crippen molar-refractivity contribution < 1.29 is 9.84 Å². The summed E-state index contributed by atoms with van der Waals surface area (Å²) < 4.78 is 5.70. The monoisotopic (exact) mass is 279 g/mol. The summed E-state index contributed by atoms with van der Waals surface area (Å²) in [7, 11) is 0. The number of aliphatic hydroxyl groups is 1. The summed E-state index contributed by atoms with van der Waals surface area (Å²) in [5.74, 6) is 1.99. The molecule has 0 amide bonds. The summed E-state index contributed by atoms with van der Waals surface area (Å²) in [5.41, 5.74) is 8.22. The summed E-state index contributed by atoms with van der Waals surface area (Å²) in [6, 6.07) is 6.44. The number of hydrogen-bond donors (Lipinski definition) is 2. The minimum absolute atomic E-state index is 0.162. The second-order valence-electron chi connectivity index (χ2n) is 5.81. The Morgan fingerprint density at radius 1 is 1.25 bits per heavy atom. The first kappa shape index (κ1) is 17.0. The molecule has 114 valence electrons. The van der Waals surface area contributed by atoms with E-state index in [0.29, 0.717) is 25.0 Å². The predicted octanol–water partition coefficient (Wildman–Crippen LogP) is 3.27. The zero-order valence-corrected chi connectivity index (χ0v) is 13.2. The summed E-state index contributed by atoms with van der Waals surface area (Å²) in [5, 5.41) is 9.28. The molecular weight excluding hydrogens is 250 g/mol. The fourth-order valence-electron chi connectivity index (χ4n) is 2.49. The van der Waals surface area contributed by atoms with Crippen LogP contribution in [0.25, 0.3) is 0 Å².